The zero-order valence-electron chi connectivity index (χ0n) is 15.2. The van der Waals surface area contributed by atoms with E-state index in [4.69, 9.17) is 15.2 Å². The number of rotatable bonds is 2. The Hall–Kier alpha value is -1.76. The zero-order chi connectivity index (χ0) is 18.3. The molecule has 24 heavy (non-hydrogen) atoms. The number of thiophene rings is 1. The summed E-state index contributed by atoms with van der Waals surface area (Å²) < 4.78 is 10.6. The molecule has 0 spiro atoms. The predicted octanol–water partition coefficient (Wildman–Crippen LogP) is 3.58. The lowest BCUT2D eigenvalue weighted by atomic mass is 9.87. The van der Waals surface area contributed by atoms with Crippen LogP contribution in [0, 0.1) is 0 Å². The molecule has 0 aromatic carbocycles. The maximum atomic E-state index is 12.6. The van der Waals surface area contributed by atoms with E-state index >= 15 is 0 Å². The van der Waals surface area contributed by atoms with Crippen LogP contribution in [0.4, 0.5) is 9.80 Å². The van der Waals surface area contributed by atoms with E-state index in [0.717, 1.165) is 10.4 Å². The highest BCUT2D eigenvalue weighted by atomic mass is 32.1. The van der Waals surface area contributed by atoms with Crippen LogP contribution in [0.25, 0.3) is 0 Å². The van der Waals surface area contributed by atoms with Gasteiger partial charge in [-0.05, 0) is 53.5 Å². The first kappa shape index (κ1) is 18.6. The smallest absolute Gasteiger partial charge is 0.411 e. The highest BCUT2D eigenvalue weighted by Gasteiger charge is 2.41. The number of hydrogen-bond donors (Lipinski definition) is 1. The summed E-state index contributed by atoms with van der Waals surface area (Å²) in [4.78, 5) is 27.4. The van der Waals surface area contributed by atoms with Crippen molar-refractivity contribution in [3.8, 4) is 0 Å². The van der Waals surface area contributed by atoms with Gasteiger partial charge in [-0.25, -0.2) is 9.59 Å². The fraction of sp³-hybridized carbons (Fsp3) is 0.647. The van der Waals surface area contributed by atoms with Crippen LogP contribution in [-0.2, 0) is 22.4 Å². The number of nitrogen functional groups attached to an aromatic ring is 1. The topological polar surface area (TPSA) is 81.9 Å². The van der Waals surface area contributed by atoms with Gasteiger partial charge < -0.3 is 15.2 Å². The molecule has 0 atom stereocenters. The predicted molar refractivity (Wildman–Crippen MR) is 94.2 cm³/mol. The third kappa shape index (κ3) is 3.66. The summed E-state index contributed by atoms with van der Waals surface area (Å²) in [5, 5.41) is 0.445. The Balaban J connectivity index is 2.35. The monoisotopic (exact) mass is 354 g/mol. The summed E-state index contributed by atoms with van der Waals surface area (Å²) in [5.74, 6) is -0.394. The van der Waals surface area contributed by atoms with Crippen molar-refractivity contribution >= 4 is 28.4 Å². The molecule has 2 N–H and O–H groups in total. The van der Waals surface area contributed by atoms with Crippen molar-refractivity contribution in [3.63, 3.8) is 0 Å². The molecule has 134 valence electrons. The van der Waals surface area contributed by atoms with Crippen LogP contribution >= 0.6 is 11.3 Å². The molecule has 2 heterocycles. The number of carbonyl (C=O) groups is 2. The average molecular weight is 354 g/mol. The quantitative estimate of drug-likeness (QED) is 0.821. The highest BCUT2D eigenvalue weighted by Crippen LogP contribution is 2.41. The molecule has 1 aromatic rings. The summed E-state index contributed by atoms with van der Waals surface area (Å²) >= 11 is 1.34. The van der Waals surface area contributed by atoms with Gasteiger partial charge in [0.1, 0.15) is 10.6 Å². The van der Waals surface area contributed by atoms with E-state index in [1.807, 2.05) is 34.6 Å². The number of esters is 1. The van der Waals surface area contributed by atoms with Crippen LogP contribution in [0.3, 0.4) is 0 Å². The Bertz CT molecular complexity index is 658. The van der Waals surface area contributed by atoms with Crippen molar-refractivity contribution in [2.24, 2.45) is 0 Å². The number of nitrogens with two attached hydrogens (primary N) is 1. The van der Waals surface area contributed by atoms with Crippen LogP contribution in [-0.4, -0.2) is 34.7 Å². The van der Waals surface area contributed by atoms with Crippen molar-refractivity contribution in [3.05, 3.63) is 16.0 Å². The maximum Gasteiger partial charge on any atom is 0.411 e. The summed E-state index contributed by atoms with van der Waals surface area (Å²) in [6.07, 6.45) is 0.173. The van der Waals surface area contributed by atoms with Gasteiger partial charge in [0, 0.05) is 10.4 Å². The van der Waals surface area contributed by atoms with Gasteiger partial charge in [-0.2, -0.15) is 0 Å². The van der Waals surface area contributed by atoms with Gasteiger partial charge in [0.25, 0.3) is 0 Å². The molecule has 1 aliphatic rings. The number of anilines is 1. The SMILES string of the molecule is CCOC(=O)c1c(N)sc2c1CC(C)(C)N(C(=O)OC(C)(C)C)C2. The van der Waals surface area contributed by atoms with E-state index in [-0.39, 0.29) is 6.09 Å². The number of ether oxygens (including phenoxy) is 2. The van der Waals surface area contributed by atoms with Gasteiger partial charge in [-0.15, -0.1) is 11.3 Å². The van der Waals surface area contributed by atoms with Gasteiger partial charge in [0.15, 0.2) is 0 Å². The fourth-order valence-electron chi connectivity index (χ4n) is 2.79. The molecule has 0 saturated carbocycles. The normalized spacial score (nSPS) is 16.5. The standard InChI is InChI=1S/C17H26N2O4S/c1-7-22-14(20)12-10-8-17(5,6)19(9-11(10)24-13(12)18)15(21)23-16(2,3)4/h7-9,18H2,1-6H3. The van der Waals surface area contributed by atoms with E-state index in [2.05, 4.69) is 0 Å². The van der Waals surface area contributed by atoms with Gasteiger partial charge in [0.2, 0.25) is 0 Å². The minimum absolute atomic E-state index is 0.302. The van der Waals surface area contributed by atoms with Crippen LogP contribution < -0.4 is 5.73 Å². The molecule has 0 unspecified atom stereocenters. The van der Waals surface area contributed by atoms with Crippen molar-refractivity contribution in [1.29, 1.82) is 0 Å². The lowest BCUT2D eigenvalue weighted by Gasteiger charge is -2.42. The van der Waals surface area contributed by atoms with Crippen LogP contribution in [0.1, 0.15) is 62.3 Å². The second kappa shape index (κ2) is 6.27. The Morgan fingerprint density at radius 3 is 2.50 bits per heavy atom. The lowest BCUT2D eigenvalue weighted by Crippen LogP contribution is -2.52. The Labute approximate surface area is 146 Å². The second-order valence-electron chi connectivity index (χ2n) is 7.52. The largest absolute Gasteiger partial charge is 0.462 e. The molecule has 7 heteroatoms. The van der Waals surface area contributed by atoms with Crippen molar-refractivity contribution < 1.29 is 19.1 Å². The van der Waals surface area contributed by atoms with E-state index in [9.17, 15) is 9.59 Å². The van der Waals surface area contributed by atoms with Gasteiger partial charge in [-0.1, -0.05) is 0 Å². The van der Waals surface area contributed by atoms with Crippen molar-refractivity contribution in [2.45, 2.75) is 65.6 Å². The van der Waals surface area contributed by atoms with Gasteiger partial charge in [-0.3, -0.25) is 4.90 Å². The first-order valence-corrected chi connectivity index (χ1v) is 8.85. The zero-order valence-corrected chi connectivity index (χ0v) is 16.0. The van der Waals surface area contributed by atoms with Crippen LogP contribution in [0.2, 0.25) is 0 Å². The molecule has 2 rings (SSSR count). The molecule has 1 amide bonds. The second-order valence-corrected chi connectivity index (χ2v) is 8.66. The summed E-state index contributed by atoms with van der Waals surface area (Å²) in [6, 6.07) is 0. The van der Waals surface area contributed by atoms with E-state index in [1.54, 1.807) is 11.8 Å². The number of carbonyl (C=O) groups excluding carboxylic acids is 2. The summed E-state index contributed by atoms with van der Waals surface area (Å²) in [5.41, 5.74) is 6.35. The number of fused-ring (bicyclic) bond motifs is 1. The van der Waals surface area contributed by atoms with Crippen molar-refractivity contribution in [2.75, 3.05) is 12.3 Å². The Morgan fingerprint density at radius 1 is 1.33 bits per heavy atom. The molecular formula is C17H26N2O4S. The average Bonchev–Trinajstić information content (AvgIpc) is 2.69. The Kier molecular flexibility index (Phi) is 4.86. The molecular weight excluding hydrogens is 328 g/mol. The third-order valence-electron chi connectivity index (χ3n) is 3.85. The molecule has 1 aromatic heterocycles. The molecule has 0 saturated heterocycles. The summed E-state index contributed by atoms with van der Waals surface area (Å²) in [6.45, 7) is 11.9. The Morgan fingerprint density at radius 2 is 1.96 bits per heavy atom. The van der Waals surface area contributed by atoms with E-state index < -0.39 is 17.1 Å². The third-order valence-corrected chi connectivity index (χ3v) is 4.90. The molecule has 0 radical (unpaired) electrons. The number of amides is 1. The first-order chi connectivity index (χ1) is 11.0. The highest BCUT2D eigenvalue weighted by molar-refractivity contribution is 7.16. The van der Waals surface area contributed by atoms with Gasteiger partial charge in [0.05, 0.1) is 18.7 Å². The van der Waals surface area contributed by atoms with Crippen LogP contribution in [0.5, 0.6) is 0 Å². The van der Waals surface area contributed by atoms with Crippen LogP contribution in [0.15, 0.2) is 0 Å². The van der Waals surface area contributed by atoms with E-state index in [0.29, 0.717) is 30.1 Å². The minimum atomic E-state index is -0.558. The molecule has 0 aliphatic carbocycles. The number of hydrogen-bond acceptors (Lipinski definition) is 6. The first-order valence-electron chi connectivity index (χ1n) is 8.04. The fourth-order valence-corrected chi connectivity index (χ4v) is 3.85. The maximum absolute atomic E-state index is 12.6. The van der Waals surface area contributed by atoms with E-state index in [1.165, 1.54) is 11.3 Å². The summed E-state index contributed by atoms with van der Waals surface area (Å²) in [7, 11) is 0. The minimum Gasteiger partial charge on any atom is -0.462 e. The van der Waals surface area contributed by atoms with Crippen molar-refractivity contribution in [1.82, 2.24) is 4.90 Å². The molecule has 1 aliphatic heterocycles. The molecule has 6 nitrogen and oxygen atoms in total. The van der Waals surface area contributed by atoms with Gasteiger partial charge >= 0.3 is 12.1 Å². The number of nitrogens with zero attached hydrogens (tertiary/aromatic N) is 1. The molecule has 0 bridgehead atoms. The molecule has 0 fully saturated rings. The lowest BCUT2D eigenvalue weighted by molar-refractivity contribution is -0.00208.